The topological polar surface area (TPSA) is 41.6 Å². The maximum absolute atomic E-state index is 12.8. The number of likely N-dealkylation sites (tertiary alicyclic amines) is 1. The number of benzene rings is 1. The Labute approximate surface area is 139 Å². The van der Waals surface area contributed by atoms with Crippen LogP contribution in [0.4, 0.5) is 0 Å². The van der Waals surface area contributed by atoms with E-state index < -0.39 is 0 Å². The minimum absolute atomic E-state index is 0.175. The van der Waals surface area contributed by atoms with Crippen LogP contribution in [0, 0.1) is 0 Å². The van der Waals surface area contributed by atoms with Gasteiger partial charge in [0.1, 0.15) is 0 Å². The first kappa shape index (κ1) is 16.5. The number of nitrogens with one attached hydrogen (secondary N) is 1. The van der Waals surface area contributed by atoms with E-state index in [1.54, 1.807) is 0 Å². The van der Waals surface area contributed by atoms with Gasteiger partial charge in [0.2, 0.25) is 5.91 Å². The predicted molar refractivity (Wildman–Crippen MR) is 91.4 cm³/mol. The maximum Gasteiger partial charge on any atom is 0.224 e. The van der Waals surface area contributed by atoms with Crippen LogP contribution >= 0.6 is 0 Å². The second-order valence-corrected chi connectivity index (χ2v) is 6.65. The Morgan fingerprint density at radius 2 is 2.22 bits per heavy atom. The Hall–Kier alpha value is -1.39. The van der Waals surface area contributed by atoms with E-state index in [2.05, 4.69) is 47.5 Å². The average Bonchev–Trinajstić information content (AvgIpc) is 3.07. The van der Waals surface area contributed by atoms with Crippen molar-refractivity contribution in [3.63, 3.8) is 0 Å². The molecular formula is C19H28N2O2. The molecule has 3 atom stereocenters. The van der Waals surface area contributed by atoms with Crippen molar-refractivity contribution in [1.29, 1.82) is 0 Å². The fourth-order valence-corrected chi connectivity index (χ4v) is 4.03. The monoisotopic (exact) mass is 316 g/mol. The van der Waals surface area contributed by atoms with Crippen LogP contribution in [0.2, 0.25) is 0 Å². The highest BCUT2D eigenvalue weighted by Gasteiger charge is 2.35. The molecule has 0 aliphatic carbocycles. The van der Waals surface area contributed by atoms with Gasteiger partial charge in [-0.2, -0.15) is 0 Å². The fraction of sp³-hybridized carbons (Fsp3) is 0.632. The third-order valence-electron chi connectivity index (χ3n) is 5.17. The van der Waals surface area contributed by atoms with E-state index in [1.165, 1.54) is 5.56 Å². The molecule has 4 nitrogen and oxygen atoms in total. The Morgan fingerprint density at radius 3 is 2.91 bits per heavy atom. The summed E-state index contributed by atoms with van der Waals surface area (Å²) in [4.78, 5) is 14.9. The van der Waals surface area contributed by atoms with Crippen molar-refractivity contribution in [3.05, 3.63) is 35.9 Å². The molecule has 2 aliphatic rings. The van der Waals surface area contributed by atoms with Gasteiger partial charge in [-0.3, -0.25) is 4.79 Å². The second kappa shape index (κ2) is 7.93. The van der Waals surface area contributed by atoms with Crippen LogP contribution in [-0.4, -0.2) is 49.2 Å². The van der Waals surface area contributed by atoms with Crippen LogP contribution in [0.15, 0.2) is 30.3 Å². The predicted octanol–water partition coefficient (Wildman–Crippen LogP) is 2.55. The smallest absolute Gasteiger partial charge is 0.224 e. The zero-order valence-corrected chi connectivity index (χ0v) is 14.0. The van der Waals surface area contributed by atoms with Gasteiger partial charge < -0.3 is 15.0 Å². The molecule has 126 valence electrons. The molecule has 23 heavy (non-hydrogen) atoms. The summed E-state index contributed by atoms with van der Waals surface area (Å²) in [6, 6.07) is 11.2. The molecule has 2 saturated heterocycles. The Bertz CT molecular complexity index is 499. The van der Waals surface area contributed by atoms with Gasteiger partial charge in [-0.15, -0.1) is 0 Å². The SMILES string of the molecule is CCC(c1ccccc1)C1CCCN1C(=O)CC1COCCN1. The van der Waals surface area contributed by atoms with E-state index in [9.17, 15) is 4.79 Å². The van der Waals surface area contributed by atoms with Crippen LogP contribution in [0.25, 0.3) is 0 Å². The Balaban J connectivity index is 1.67. The zero-order valence-electron chi connectivity index (χ0n) is 14.0. The number of amides is 1. The molecule has 3 unspecified atom stereocenters. The third-order valence-corrected chi connectivity index (χ3v) is 5.17. The number of ether oxygens (including phenoxy) is 1. The van der Waals surface area contributed by atoms with Gasteiger partial charge >= 0.3 is 0 Å². The van der Waals surface area contributed by atoms with Crippen molar-refractivity contribution in [1.82, 2.24) is 10.2 Å². The summed E-state index contributed by atoms with van der Waals surface area (Å²) in [6.45, 7) is 5.39. The van der Waals surface area contributed by atoms with Gasteiger partial charge in [-0.25, -0.2) is 0 Å². The summed E-state index contributed by atoms with van der Waals surface area (Å²) < 4.78 is 5.48. The second-order valence-electron chi connectivity index (χ2n) is 6.65. The molecule has 0 radical (unpaired) electrons. The quantitative estimate of drug-likeness (QED) is 0.908. The van der Waals surface area contributed by atoms with Gasteiger partial charge in [0, 0.05) is 37.5 Å². The molecular weight excluding hydrogens is 288 g/mol. The molecule has 4 heteroatoms. The molecule has 0 saturated carbocycles. The van der Waals surface area contributed by atoms with E-state index in [0.29, 0.717) is 25.0 Å². The van der Waals surface area contributed by atoms with E-state index in [0.717, 1.165) is 39.0 Å². The van der Waals surface area contributed by atoms with Crippen LogP contribution in [0.3, 0.4) is 0 Å². The summed E-state index contributed by atoms with van der Waals surface area (Å²) >= 11 is 0. The largest absolute Gasteiger partial charge is 0.378 e. The normalized spacial score (nSPS) is 26.2. The number of morpholine rings is 1. The lowest BCUT2D eigenvalue weighted by Crippen LogP contribution is -2.46. The van der Waals surface area contributed by atoms with Crippen molar-refractivity contribution in [2.75, 3.05) is 26.3 Å². The molecule has 0 bridgehead atoms. The van der Waals surface area contributed by atoms with Gasteiger partial charge in [0.25, 0.3) is 0 Å². The van der Waals surface area contributed by atoms with Crippen molar-refractivity contribution in [2.45, 2.75) is 50.6 Å². The van der Waals surface area contributed by atoms with Crippen molar-refractivity contribution >= 4 is 5.91 Å². The van der Waals surface area contributed by atoms with Gasteiger partial charge in [-0.05, 0) is 24.8 Å². The Morgan fingerprint density at radius 1 is 1.39 bits per heavy atom. The molecule has 0 spiro atoms. The van der Waals surface area contributed by atoms with Crippen LogP contribution < -0.4 is 5.32 Å². The lowest BCUT2D eigenvalue weighted by atomic mass is 9.87. The van der Waals surface area contributed by atoms with E-state index in [-0.39, 0.29) is 11.9 Å². The minimum atomic E-state index is 0.175. The minimum Gasteiger partial charge on any atom is -0.378 e. The highest BCUT2D eigenvalue weighted by atomic mass is 16.5. The molecule has 2 fully saturated rings. The third kappa shape index (κ3) is 3.93. The van der Waals surface area contributed by atoms with Crippen molar-refractivity contribution in [2.24, 2.45) is 0 Å². The summed E-state index contributed by atoms with van der Waals surface area (Å²) in [5, 5.41) is 3.39. The number of hydrogen-bond acceptors (Lipinski definition) is 3. The molecule has 1 N–H and O–H groups in total. The van der Waals surface area contributed by atoms with E-state index in [4.69, 9.17) is 4.74 Å². The lowest BCUT2D eigenvalue weighted by Gasteiger charge is -2.33. The highest BCUT2D eigenvalue weighted by Crippen LogP contribution is 2.34. The molecule has 1 amide bonds. The first-order valence-electron chi connectivity index (χ1n) is 8.95. The van der Waals surface area contributed by atoms with Crippen LogP contribution in [0.5, 0.6) is 0 Å². The summed E-state index contributed by atoms with van der Waals surface area (Å²) in [6.07, 6.45) is 3.87. The number of hydrogen-bond donors (Lipinski definition) is 1. The highest BCUT2D eigenvalue weighted by molar-refractivity contribution is 5.77. The van der Waals surface area contributed by atoms with Crippen LogP contribution in [-0.2, 0) is 9.53 Å². The average molecular weight is 316 g/mol. The van der Waals surface area contributed by atoms with Crippen LogP contribution in [0.1, 0.15) is 44.1 Å². The van der Waals surface area contributed by atoms with Gasteiger partial charge in [0.15, 0.2) is 0 Å². The number of nitrogens with zero attached hydrogens (tertiary/aromatic N) is 1. The van der Waals surface area contributed by atoms with E-state index >= 15 is 0 Å². The molecule has 3 rings (SSSR count). The first-order chi connectivity index (χ1) is 11.3. The van der Waals surface area contributed by atoms with Gasteiger partial charge in [-0.1, -0.05) is 37.3 Å². The lowest BCUT2D eigenvalue weighted by molar-refractivity contribution is -0.133. The van der Waals surface area contributed by atoms with Crippen molar-refractivity contribution < 1.29 is 9.53 Å². The molecule has 2 aliphatic heterocycles. The zero-order chi connectivity index (χ0) is 16.1. The van der Waals surface area contributed by atoms with E-state index in [1.807, 2.05) is 0 Å². The standard InChI is InChI=1S/C19H28N2O2/c1-2-17(15-7-4-3-5-8-15)18-9-6-11-21(18)19(22)13-16-14-23-12-10-20-16/h3-5,7-8,16-18,20H,2,6,9-14H2,1H3. The first-order valence-corrected chi connectivity index (χ1v) is 8.95. The number of rotatable bonds is 5. The summed E-state index contributed by atoms with van der Waals surface area (Å²) in [7, 11) is 0. The Kier molecular flexibility index (Phi) is 5.68. The fourth-order valence-electron chi connectivity index (χ4n) is 4.03. The molecule has 1 aromatic rings. The number of carbonyl (C=O) groups excluding carboxylic acids is 1. The summed E-state index contributed by atoms with van der Waals surface area (Å²) in [5.74, 6) is 0.725. The molecule has 2 heterocycles. The molecule has 0 aromatic heterocycles. The van der Waals surface area contributed by atoms with Crippen molar-refractivity contribution in [3.8, 4) is 0 Å². The number of carbonyl (C=O) groups is 1. The maximum atomic E-state index is 12.8. The summed E-state index contributed by atoms with van der Waals surface area (Å²) in [5.41, 5.74) is 1.36. The molecule has 1 aromatic carbocycles. The van der Waals surface area contributed by atoms with Gasteiger partial charge in [0.05, 0.1) is 13.2 Å².